The number of carboxylic acids is 1. The molecule has 0 amide bonds. The predicted molar refractivity (Wildman–Crippen MR) is 81.1 cm³/mol. The van der Waals surface area contributed by atoms with Gasteiger partial charge in [-0.3, -0.25) is 0 Å². The summed E-state index contributed by atoms with van der Waals surface area (Å²) in [5.74, 6) is -0.941. The minimum absolute atomic E-state index is 0.271. The van der Waals surface area contributed by atoms with Crippen molar-refractivity contribution >= 4 is 17.7 Å². The standard InChI is InChI=1S/C16H16N2O2S/c1-9-8-10(2)17-15(14(9)16(19)20)21-13-7-6-11-4-3-5-12(11)18-13/h6-8H,3-5H2,1-2H3,(H,19,20). The molecule has 3 rings (SSSR count). The van der Waals surface area contributed by atoms with E-state index in [1.54, 1.807) is 13.0 Å². The topological polar surface area (TPSA) is 63.1 Å². The first-order valence-corrected chi connectivity index (χ1v) is 7.74. The quantitative estimate of drug-likeness (QED) is 0.941. The molecule has 1 N–H and O–H groups in total. The summed E-state index contributed by atoms with van der Waals surface area (Å²) in [6.45, 7) is 3.68. The lowest BCUT2D eigenvalue weighted by Crippen LogP contribution is -2.05. The van der Waals surface area contributed by atoms with Crippen molar-refractivity contribution in [2.45, 2.75) is 43.2 Å². The normalized spacial score (nSPS) is 13.2. The second kappa shape index (κ2) is 5.48. The predicted octanol–water partition coefficient (Wildman–Crippen LogP) is 3.43. The van der Waals surface area contributed by atoms with E-state index < -0.39 is 5.97 Å². The van der Waals surface area contributed by atoms with Gasteiger partial charge >= 0.3 is 5.97 Å². The number of carbonyl (C=O) groups is 1. The van der Waals surface area contributed by atoms with Gasteiger partial charge < -0.3 is 5.11 Å². The SMILES string of the molecule is Cc1cc(C)c(C(=O)O)c(Sc2ccc3c(n2)CCC3)n1. The maximum Gasteiger partial charge on any atom is 0.338 e. The molecule has 0 fully saturated rings. The number of carboxylic acid groups (broad SMARTS) is 1. The second-order valence-corrected chi connectivity index (χ2v) is 6.29. The molecule has 0 saturated heterocycles. The number of aromatic nitrogens is 2. The summed E-state index contributed by atoms with van der Waals surface area (Å²) in [5.41, 5.74) is 4.28. The van der Waals surface area contributed by atoms with Crippen LogP contribution in [0, 0.1) is 13.8 Å². The molecule has 0 spiro atoms. The summed E-state index contributed by atoms with van der Waals surface area (Å²) < 4.78 is 0. The van der Waals surface area contributed by atoms with E-state index in [9.17, 15) is 9.90 Å². The summed E-state index contributed by atoms with van der Waals surface area (Å²) in [7, 11) is 0. The Morgan fingerprint density at radius 2 is 2.05 bits per heavy atom. The molecule has 0 aliphatic heterocycles. The molecule has 2 aromatic rings. The Morgan fingerprint density at radius 1 is 1.24 bits per heavy atom. The summed E-state index contributed by atoms with van der Waals surface area (Å²) >= 11 is 1.33. The van der Waals surface area contributed by atoms with E-state index in [0.717, 1.165) is 41.2 Å². The molecule has 4 nitrogen and oxygen atoms in total. The van der Waals surface area contributed by atoms with E-state index in [0.29, 0.717) is 5.03 Å². The van der Waals surface area contributed by atoms with Crippen molar-refractivity contribution < 1.29 is 9.90 Å². The highest BCUT2D eigenvalue weighted by atomic mass is 32.2. The molecule has 2 aromatic heterocycles. The molecule has 5 heteroatoms. The molecule has 0 unspecified atom stereocenters. The summed E-state index contributed by atoms with van der Waals surface area (Å²) in [6.07, 6.45) is 3.25. The molecule has 1 aliphatic carbocycles. The van der Waals surface area contributed by atoms with Crippen LogP contribution in [0.3, 0.4) is 0 Å². The zero-order chi connectivity index (χ0) is 15.0. The van der Waals surface area contributed by atoms with Crippen molar-refractivity contribution in [2.24, 2.45) is 0 Å². The van der Waals surface area contributed by atoms with E-state index in [4.69, 9.17) is 0 Å². The molecule has 2 heterocycles. The molecule has 1 aliphatic rings. The molecular formula is C16H16N2O2S. The Labute approximate surface area is 127 Å². The van der Waals surface area contributed by atoms with Crippen molar-refractivity contribution in [1.29, 1.82) is 0 Å². The average Bonchev–Trinajstić information content (AvgIpc) is 2.84. The summed E-state index contributed by atoms with van der Waals surface area (Å²) in [4.78, 5) is 20.5. The monoisotopic (exact) mass is 300 g/mol. The average molecular weight is 300 g/mol. The zero-order valence-electron chi connectivity index (χ0n) is 12.0. The maximum absolute atomic E-state index is 11.5. The zero-order valence-corrected chi connectivity index (χ0v) is 12.8. The Morgan fingerprint density at radius 3 is 2.81 bits per heavy atom. The van der Waals surface area contributed by atoms with E-state index in [-0.39, 0.29) is 5.56 Å². The highest BCUT2D eigenvalue weighted by molar-refractivity contribution is 7.99. The van der Waals surface area contributed by atoms with Gasteiger partial charge in [0, 0.05) is 11.4 Å². The Bertz CT molecular complexity index is 728. The van der Waals surface area contributed by atoms with Crippen LogP contribution in [-0.2, 0) is 12.8 Å². The van der Waals surface area contributed by atoms with Gasteiger partial charge in [0.1, 0.15) is 10.1 Å². The first-order chi connectivity index (χ1) is 10.0. The third kappa shape index (κ3) is 2.78. The van der Waals surface area contributed by atoms with Crippen LogP contribution in [0.5, 0.6) is 0 Å². The van der Waals surface area contributed by atoms with Gasteiger partial charge in [-0.25, -0.2) is 14.8 Å². The molecule has 0 bridgehead atoms. The van der Waals surface area contributed by atoms with Crippen molar-refractivity contribution in [3.63, 3.8) is 0 Å². The van der Waals surface area contributed by atoms with Crippen LogP contribution < -0.4 is 0 Å². The molecule has 0 radical (unpaired) electrons. The lowest BCUT2D eigenvalue weighted by Gasteiger charge is -2.09. The van der Waals surface area contributed by atoms with Crippen LogP contribution in [0.4, 0.5) is 0 Å². The Hall–Kier alpha value is -1.88. The van der Waals surface area contributed by atoms with Gasteiger partial charge in [-0.1, -0.05) is 6.07 Å². The van der Waals surface area contributed by atoms with Crippen molar-refractivity contribution in [3.05, 3.63) is 46.3 Å². The number of pyridine rings is 2. The Kier molecular flexibility index (Phi) is 3.68. The molecule has 108 valence electrons. The fourth-order valence-electron chi connectivity index (χ4n) is 2.69. The van der Waals surface area contributed by atoms with Crippen LogP contribution in [0.2, 0.25) is 0 Å². The van der Waals surface area contributed by atoms with Gasteiger partial charge in [-0.15, -0.1) is 0 Å². The largest absolute Gasteiger partial charge is 0.478 e. The van der Waals surface area contributed by atoms with Crippen molar-refractivity contribution in [2.75, 3.05) is 0 Å². The fourth-order valence-corrected chi connectivity index (χ4v) is 3.72. The van der Waals surface area contributed by atoms with Gasteiger partial charge in [0.15, 0.2) is 0 Å². The molecule has 0 atom stereocenters. The van der Waals surface area contributed by atoms with E-state index in [1.807, 2.05) is 13.0 Å². The van der Waals surface area contributed by atoms with Gasteiger partial charge in [0.05, 0.1) is 5.56 Å². The molecular weight excluding hydrogens is 284 g/mol. The minimum atomic E-state index is -0.941. The van der Waals surface area contributed by atoms with Crippen LogP contribution in [0.1, 0.15) is 39.3 Å². The van der Waals surface area contributed by atoms with Gasteiger partial charge in [-0.2, -0.15) is 0 Å². The highest BCUT2D eigenvalue weighted by Crippen LogP contribution is 2.31. The number of aryl methyl sites for hydroxylation is 4. The minimum Gasteiger partial charge on any atom is -0.478 e. The van der Waals surface area contributed by atoms with Crippen LogP contribution in [0.15, 0.2) is 28.3 Å². The fraction of sp³-hybridized carbons (Fsp3) is 0.312. The van der Waals surface area contributed by atoms with E-state index >= 15 is 0 Å². The maximum atomic E-state index is 11.5. The number of hydrogen-bond donors (Lipinski definition) is 1. The van der Waals surface area contributed by atoms with Crippen LogP contribution >= 0.6 is 11.8 Å². The second-order valence-electron chi connectivity index (χ2n) is 5.28. The van der Waals surface area contributed by atoms with Crippen LogP contribution in [-0.4, -0.2) is 21.0 Å². The van der Waals surface area contributed by atoms with Crippen molar-refractivity contribution in [3.8, 4) is 0 Å². The van der Waals surface area contributed by atoms with Gasteiger partial charge in [-0.05, 0) is 68.1 Å². The Balaban J connectivity index is 1.99. The number of fused-ring (bicyclic) bond motifs is 1. The van der Waals surface area contributed by atoms with Gasteiger partial charge in [0.2, 0.25) is 0 Å². The molecule has 21 heavy (non-hydrogen) atoms. The first-order valence-electron chi connectivity index (χ1n) is 6.93. The van der Waals surface area contributed by atoms with Gasteiger partial charge in [0.25, 0.3) is 0 Å². The van der Waals surface area contributed by atoms with Crippen LogP contribution in [0.25, 0.3) is 0 Å². The number of aromatic carboxylic acids is 1. The summed E-state index contributed by atoms with van der Waals surface area (Å²) in [6, 6.07) is 5.85. The number of nitrogens with zero attached hydrogens (tertiary/aromatic N) is 2. The lowest BCUT2D eigenvalue weighted by atomic mass is 10.1. The third-order valence-corrected chi connectivity index (χ3v) is 4.55. The highest BCUT2D eigenvalue weighted by Gasteiger charge is 2.18. The van der Waals surface area contributed by atoms with E-state index in [2.05, 4.69) is 16.0 Å². The smallest absolute Gasteiger partial charge is 0.338 e. The number of hydrogen-bond acceptors (Lipinski definition) is 4. The lowest BCUT2D eigenvalue weighted by molar-refractivity contribution is 0.0691. The molecule has 0 aromatic carbocycles. The number of rotatable bonds is 3. The van der Waals surface area contributed by atoms with E-state index in [1.165, 1.54) is 17.3 Å². The first kappa shape index (κ1) is 14.1. The van der Waals surface area contributed by atoms with Crippen molar-refractivity contribution in [1.82, 2.24) is 9.97 Å². The molecule has 0 saturated carbocycles. The third-order valence-electron chi connectivity index (χ3n) is 3.63. The summed E-state index contributed by atoms with van der Waals surface area (Å²) in [5, 5.41) is 10.7.